The Balaban J connectivity index is 2.24. The van der Waals surface area contributed by atoms with Crippen LogP contribution < -0.4 is 5.73 Å². The summed E-state index contributed by atoms with van der Waals surface area (Å²) in [6, 6.07) is 4.82. The molecule has 0 aromatic heterocycles. The molecule has 2 N–H and O–H groups in total. The molecule has 1 aromatic rings. The van der Waals surface area contributed by atoms with Crippen LogP contribution in [0, 0.1) is 5.82 Å². The fourth-order valence-corrected chi connectivity index (χ4v) is 1.76. The molecule has 2 rings (SSSR count). The Morgan fingerprint density at radius 1 is 1.43 bits per heavy atom. The van der Waals surface area contributed by atoms with Crippen LogP contribution in [0.5, 0.6) is 0 Å². The Bertz CT molecular complexity index is 379. The summed E-state index contributed by atoms with van der Waals surface area (Å²) in [5.74, 6) is -0.234. The van der Waals surface area contributed by atoms with E-state index in [1.54, 1.807) is 12.1 Å². The maximum Gasteiger partial charge on any atom is 0.130 e. The van der Waals surface area contributed by atoms with Crippen molar-refractivity contribution in [1.29, 1.82) is 0 Å². The first-order valence-corrected chi connectivity index (χ1v) is 4.93. The molecule has 1 aliphatic carbocycles. The molecular weight excluding hydrogens is 201 g/mol. The molecule has 1 aromatic carbocycles. The number of nitrogens with two attached hydrogens (primary N) is 1. The van der Waals surface area contributed by atoms with Crippen molar-refractivity contribution in [2.24, 2.45) is 5.73 Å². The highest BCUT2D eigenvalue weighted by atomic mass is 35.5. The molecule has 14 heavy (non-hydrogen) atoms. The SMILES string of the molecule is NC1CC(=Cc2cc(Cl)ccc2F)C1. The van der Waals surface area contributed by atoms with Crippen molar-refractivity contribution in [1.82, 2.24) is 0 Å². The van der Waals surface area contributed by atoms with Crippen LogP contribution in [0.15, 0.2) is 23.8 Å². The van der Waals surface area contributed by atoms with E-state index in [9.17, 15) is 4.39 Å². The first-order chi connectivity index (χ1) is 6.65. The number of rotatable bonds is 1. The topological polar surface area (TPSA) is 26.0 Å². The summed E-state index contributed by atoms with van der Waals surface area (Å²) in [5.41, 5.74) is 7.38. The molecule has 1 nitrogen and oxygen atoms in total. The maximum absolute atomic E-state index is 13.3. The molecule has 3 heteroatoms. The van der Waals surface area contributed by atoms with Crippen molar-refractivity contribution < 1.29 is 4.39 Å². The molecule has 0 bridgehead atoms. The highest BCUT2D eigenvalue weighted by Gasteiger charge is 2.18. The Morgan fingerprint density at radius 2 is 2.14 bits per heavy atom. The minimum atomic E-state index is -0.234. The minimum Gasteiger partial charge on any atom is -0.327 e. The predicted octanol–water partition coefficient (Wildman–Crippen LogP) is 2.98. The van der Waals surface area contributed by atoms with Gasteiger partial charge in [-0.1, -0.05) is 23.3 Å². The van der Waals surface area contributed by atoms with Gasteiger partial charge in [-0.25, -0.2) is 4.39 Å². The molecule has 0 saturated heterocycles. The van der Waals surface area contributed by atoms with Crippen molar-refractivity contribution in [3.63, 3.8) is 0 Å². The molecule has 0 unspecified atom stereocenters. The molecule has 0 spiro atoms. The van der Waals surface area contributed by atoms with Crippen molar-refractivity contribution in [3.05, 3.63) is 40.2 Å². The lowest BCUT2D eigenvalue weighted by Gasteiger charge is -2.25. The van der Waals surface area contributed by atoms with Gasteiger partial charge in [0.2, 0.25) is 0 Å². The zero-order chi connectivity index (χ0) is 10.1. The molecule has 0 atom stereocenters. The third kappa shape index (κ3) is 1.97. The van der Waals surface area contributed by atoms with Gasteiger partial charge in [0, 0.05) is 16.6 Å². The lowest BCUT2D eigenvalue weighted by atomic mass is 9.86. The van der Waals surface area contributed by atoms with Crippen LogP contribution >= 0.6 is 11.6 Å². The average molecular weight is 212 g/mol. The third-order valence-electron chi connectivity index (χ3n) is 2.37. The summed E-state index contributed by atoms with van der Waals surface area (Å²) in [6.45, 7) is 0. The second-order valence-electron chi connectivity index (χ2n) is 3.64. The summed E-state index contributed by atoms with van der Waals surface area (Å²) in [6.07, 6.45) is 3.57. The molecule has 1 saturated carbocycles. The van der Waals surface area contributed by atoms with Crippen LogP contribution in [-0.2, 0) is 0 Å². The third-order valence-corrected chi connectivity index (χ3v) is 2.60. The fraction of sp³-hybridized carbons (Fsp3) is 0.273. The standard InChI is InChI=1S/C11H11ClFN/c12-9-1-2-11(13)8(6-9)3-7-4-10(14)5-7/h1-3,6,10H,4-5,14H2. The summed E-state index contributed by atoms with van der Waals surface area (Å²) >= 11 is 5.77. The maximum atomic E-state index is 13.3. The van der Waals surface area contributed by atoms with Crippen molar-refractivity contribution in [2.45, 2.75) is 18.9 Å². The van der Waals surface area contributed by atoms with Crippen LogP contribution in [0.2, 0.25) is 5.02 Å². The zero-order valence-corrected chi connectivity index (χ0v) is 8.39. The first-order valence-electron chi connectivity index (χ1n) is 4.55. The Kier molecular flexibility index (Phi) is 2.57. The van der Waals surface area contributed by atoms with Gasteiger partial charge in [-0.2, -0.15) is 0 Å². The van der Waals surface area contributed by atoms with Gasteiger partial charge < -0.3 is 5.73 Å². The number of hydrogen-bond donors (Lipinski definition) is 1. The quantitative estimate of drug-likeness (QED) is 0.760. The van der Waals surface area contributed by atoms with Gasteiger partial charge in [0.05, 0.1) is 0 Å². The smallest absolute Gasteiger partial charge is 0.130 e. The van der Waals surface area contributed by atoms with Crippen LogP contribution in [0.3, 0.4) is 0 Å². The lowest BCUT2D eigenvalue weighted by Crippen LogP contribution is -2.29. The average Bonchev–Trinajstić information content (AvgIpc) is 2.09. The number of halogens is 2. The van der Waals surface area contributed by atoms with Crippen molar-refractivity contribution in [3.8, 4) is 0 Å². The molecule has 1 aliphatic rings. The van der Waals surface area contributed by atoms with Gasteiger partial charge >= 0.3 is 0 Å². The monoisotopic (exact) mass is 211 g/mol. The van der Waals surface area contributed by atoms with Crippen LogP contribution in [0.1, 0.15) is 18.4 Å². The van der Waals surface area contributed by atoms with E-state index in [-0.39, 0.29) is 11.9 Å². The van der Waals surface area contributed by atoms with Gasteiger partial charge in [0.1, 0.15) is 5.82 Å². The van der Waals surface area contributed by atoms with E-state index in [0.29, 0.717) is 10.6 Å². The van der Waals surface area contributed by atoms with E-state index in [1.807, 2.05) is 6.08 Å². The summed E-state index contributed by atoms with van der Waals surface area (Å²) in [5, 5.41) is 0.557. The second-order valence-corrected chi connectivity index (χ2v) is 4.07. The molecule has 1 fully saturated rings. The summed E-state index contributed by atoms with van der Waals surface area (Å²) in [7, 11) is 0. The van der Waals surface area contributed by atoms with E-state index in [4.69, 9.17) is 17.3 Å². The zero-order valence-electron chi connectivity index (χ0n) is 7.63. The Hall–Kier alpha value is -0.860. The van der Waals surface area contributed by atoms with E-state index in [2.05, 4.69) is 0 Å². The van der Waals surface area contributed by atoms with Crippen molar-refractivity contribution >= 4 is 17.7 Å². The molecule has 74 valence electrons. The van der Waals surface area contributed by atoms with Gasteiger partial charge in [-0.05, 0) is 31.0 Å². The van der Waals surface area contributed by atoms with E-state index >= 15 is 0 Å². The molecule has 0 heterocycles. The number of hydrogen-bond acceptors (Lipinski definition) is 1. The molecule has 0 radical (unpaired) electrons. The Labute approximate surface area is 87.4 Å². The molecule has 0 aliphatic heterocycles. The number of benzene rings is 1. The van der Waals surface area contributed by atoms with Gasteiger partial charge in [-0.15, -0.1) is 0 Å². The largest absolute Gasteiger partial charge is 0.327 e. The Morgan fingerprint density at radius 3 is 2.79 bits per heavy atom. The first kappa shape index (κ1) is 9.69. The highest BCUT2D eigenvalue weighted by Crippen LogP contribution is 2.28. The fourth-order valence-electron chi connectivity index (χ4n) is 1.58. The normalized spacial score (nSPS) is 20.5. The highest BCUT2D eigenvalue weighted by molar-refractivity contribution is 6.30. The van der Waals surface area contributed by atoms with E-state index in [0.717, 1.165) is 12.8 Å². The van der Waals surface area contributed by atoms with Crippen LogP contribution in [0.25, 0.3) is 6.08 Å². The van der Waals surface area contributed by atoms with Gasteiger partial charge in [0.25, 0.3) is 0 Å². The predicted molar refractivity (Wildman–Crippen MR) is 56.6 cm³/mol. The second kappa shape index (κ2) is 3.71. The minimum absolute atomic E-state index is 0.234. The van der Waals surface area contributed by atoms with Crippen molar-refractivity contribution in [2.75, 3.05) is 0 Å². The lowest BCUT2D eigenvalue weighted by molar-refractivity contribution is 0.546. The molecular formula is C11H11ClFN. The van der Waals surface area contributed by atoms with E-state index in [1.165, 1.54) is 11.6 Å². The molecule has 0 amide bonds. The summed E-state index contributed by atoms with van der Waals surface area (Å²) < 4.78 is 13.3. The van der Waals surface area contributed by atoms with Gasteiger partial charge in [0.15, 0.2) is 0 Å². The van der Waals surface area contributed by atoms with Crippen LogP contribution in [0.4, 0.5) is 4.39 Å². The summed E-state index contributed by atoms with van der Waals surface area (Å²) in [4.78, 5) is 0. The van der Waals surface area contributed by atoms with E-state index < -0.39 is 0 Å². The van der Waals surface area contributed by atoms with Gasteiger partial charge in [-0.3, -0.25) is 0 Å². The van der Waals surface area contributed by atoms with Crippen LogP contribution in [-0.4, -0.2) is 6.04 Å².